The molecular formula is C53H57N9O8. The maximum atomic E-state index is 14.1. The topological polar surface area (TPSA) is 198 Å². The number of aryl methyl sites for hydroxylation is 1. The minimum absolute atomic E-state index is 0.0945. The molecule has 13 rings (SSSR count). The molecule has 362 valence electrons. The number of methoxy groups -OCH3 is 2. The van der Waals surface area contributed by atoms with Crippen LogP contribution < -0.4 is 20.1 Å². The summed E-state index contributed by atoms with van der Waals surface area (Å²) in [6, 6.07) is 19.6. The van der Waals surface area contributed by atoms with Gasteiger partial charge in [-0.05, 0) is 109 Å². The third-order valence-electron chi connectivity index (χ3n) is 15.6. The van der Waals surface area contributed by atoms with Gasteiger partial charge >= 0.3 is 12.2 Å². The van der Waals surface area contributed by atoms with Crippen molar-refractivity contribution in [2.24, 2.45) is 29.6 Å². The number of piperidine rings is 1. The molecule has 3 aromatic carbocycles. The first-order valence-electron chi connectivity index (χ1n) is 24.6. The Balaban J connectivity index is 0.861. The van der Waals surface area contributed by atoms with Gasteiger partial charge < -0.3 is 53.9 Å². The number of alkyl carbamates (subject to hydrolysis) is 2. The largest absolute Gasteiger partial charge is 0.493 e. The maximum Gasteiger partial charge on any atom is 0.407 e. The predicted molar refractivity (Wildman–Crippen MR) is 257 cm³/mol. The second-order valence-corrected chi connectivity index (χ2v) is 20.4. The molecule has 7 aliphatic rings. The first-order chi connectivity index (χ1) is 33.9. The quantitative estimate of drug-likeness (QED) is 0.0991. The first-order valence-corrected chi connectivity index (χ1v) is 24.6. The number of imidazole rings is 2. The smallest absolute Gasteiger partial charge is 0.407 e. The van der Waals surface area contributed by atoms with Gasteiger partial charge in [0.2, 0.25) is 18.0 Å². The lowest BCUT2D eigenvalue weighted by molar-refractivity contribution is -0.136. The number of ether oxygens (including phenoxy) is 4. The van der Waals surface area contributed by atoms with Crippen LogP contribution in [0.5, 0.6) is 11.5 Å². The highest BCUT2D eigenvalue weighted by Crippen LogP contribution is 2.81. The van der Waals surface area contributed by atoms with Crippen molar-refractivity contribution in [1.29, 1.82) is 0 Å². The van der Waals surface area contributed by atoms with Crippen LogP contribution >= 0.6 is 0 Å². The summed E-state index contributed by atoms with van der Waals surface area (Å²) in [5.41, 5.74) is 8.65. The predicted octanol–water partition coefficient (Wildman–Crippen LogP) is 7.91. The molecule has 2 bridgehead atoms. The van der Waals surface area contributed by atoms with E-state index in [2.05, 4.69) is 85.8 Å². The second kappa shape index (κ2) is 16.7. The summed E-state index contributed by atoms with van der Waals surface area (Å²) in [5, 5.41) is 6.53. The number of aromatic amines is 2. The molecule has 17 nitrogen and oxygen atoms in total. The van der Waals surface area contributed by atoms with Crippen molar-refractivity contribution in [1.82, 2.24) is 44.9 Å². The number of likely N-dealkylation sites (tertiary alicyclic amines) is 1. The van der Waals surface area contributed by atoms with E-state index >= 15 is 0 Å². The van der Waals surface area contributed by atoms with E-state index in [0.717, 1.165) is 98.8 Å². The van der Waals surface area contributed by atoms with E-state index in [-0.39, 0.29) is 41.8 Å². The molecule has 4 N–H and O–H groups in total. The molecule has 17 heteroatoms. The highest BCUT2D eigenvalue weighted by molar-refractivity contribution is 5.93. The van der Waals surface area contributed by atoms with E-state index in [1.165, 1.54) is 14.2 Å². The average Bonchev–Trinajstić information content (AvgIpc) is 3.84. The molecule has 0 spiro atoms. The first kappa shape index (κ1) is 43.9. The van der Waals surface area contributed by atoms with Crippen molar-refractivity contribution in [3.05, 3.63) is 95.8 Å². The molecule has 6 aromatic rings. The van der Waals surface area contributed by atoms with Crippen molar-refractivity contribution in [3.63, 3.8) is 0 Å². The summed E-state index contributed by atoms with van der Waals surface area (Å²) in [5.74, 6) is 3.94. The van der Waals surface area contributed by atoms with Gasteiger partial charge in [-0.1, -0.05) is 39.8 Å². The number of benzene rings is 3. The number of carbonyl (C=O) groups excluding carboxylic acids is 4. The number of fused-ring (bicyclic) bond motifs is 7. The number of aromatic nitrogens is 5. The SMILES string of the molecule is COC(=O)N[C@H](C(=O)N1CCC[C@H]1c1ncc(-c2ccc3c(c2)OC(c2ccc4c(c2)CCCO4)n2c-3cc3cc(-c4cnc([C@@H]5C6C7[C@H]6[C@@H]7N5C(=O)[C@@H](NC(=O)OC)C(C)C)[nH]4)ccc32)[nH]1)C(C)C. The van der Waals surface area contributed by atoms with Gasteiger partial charge in [0.25, 0.3) is 0 Å². The molecule has 5 fully saturated rings. The highest BCUT2D eigenvalue weighted by atomic mass is 16.5. The van der Waals surface area contributed by atoms with Crippen LogP contribution in [-0.4, -0.2) is 104 Å². The Bertz CT molecular complexity index is 3090. The minimum atomic E-state index is -0.725. The van der Waals surface area contributed by atoms with E-state index in [0.29, 0.717) is 36.7 Å². The summed E-state index contributed by atoms with van der Waals surface area (Å²) >= 11 is 0. The maximum absolute atomic E-state index is 14.1. The van der Waals surface area contributed by atoms with E-state index < -0.39 is 30.5 Å². The molecule has 2 saturated carbocycles. The molecular weight excluding hydrogens is 891 g/mol. The third kappa shape index (κ3) is 7.09. The molecule has 8 heterocycles. The van der Waals surface area contributed by atoms with Crippen molar-refractivity contribution < 1.29 is 38.1 Å². The lowest BCUT2D eigenvalue weighted by Crippen LogP contribution is -2.51. The van der Waals surface area contributed by atoms with Gasteiger partial charge in [0, 0.05) is 40.2 Å². The number of amides is 4. The van der Waals surface area contributed by atoms with Crippen LogP contribution in [0.3, 0.4) is 0 Å². The number of carbonyl (C=O) groups is 4. The van der Waals surface area contributed by atoms with Crippen LogP contribution in [-0.2, 0) is 25.5 Å². The zero-order chi connectivity index (χ0) is 48.3. The monoisotopic (exact) mass is 947 g/mol. The fraction of sp³-hybridized carbons (Fsp3) is 0.434. The molecule has 5 aliphatic heterocycles. The fourth-order valence-corrected chi connectivity index (χ4v) is 11.9. The second-order valence-electron chi connectivity index (χ2n) is 20.4. The summed E-state index contributed by atoms with van der Waals surface area (Å²) in [4.78, 5) is 73.0. The Morgan fingerprint density at radius 1 is 0.757 bits per heavy atom. The van der Waals surface area contributed by atoms with Gasteiger partial charge in [-0.15, -0.1) is 0 Å². The van der Waals surface area contributed by atoms with E-state index in [9.17, 15) is 19.2 Å². The van der Waals surface area contributed by atoms with Crippen molar-refractivity contribution in [2.45, 2.75) is 89.8 Å². The Kier molecular flexibility index (Phi) is 10.5. The van der Waals surface area contributed by atoms with Crippen LogP contribution in [0, 0.1) is 29.6 Å². The normalized spacial score (nSPS) is 24.2. The molecule has 3 aromatic heterocycles. The van der Waals surface area contributed by atoms with Gasteiger partial charge in [-0.25, -0.2) is 19.6 Å². The number of rotatable bonds is 11. The van der Waals surface area contributed by atoms with Gasteiger partial charge in [-0.2, -0.15) is 0 Å². The minimum Gasteiger partial charge on any atom is -0.493 e. The Morgan fingerprint density at radius 2 is 1.44 bits per heavy atom. The van der Waals surface area contributed by atoms with Crippen molar-refractivity contribution in [3.8, 4) is 45.3 Å². The third-order valence-corrected chi connectivity index (χ3v) is 15.6. The molecule has 0 radical (unpaired) electrons. The van der Waals surface area contributed by atoms with Crippen LogP contribution in [0.25, 0.3) is 44.7 Å². The van der Waals surface area contributed by atoms with Crippen LogP contribution in [0.2, 0.25) is 0 Å². The summed E-state index contributed by atoms with van der Waals surface area (Å²) in [7, 11) is 2.60. The summed E-state index contributed by atoms with van der Waals surface area (Å²) < 4.78 is 25.1. The van der Waals surface area contributed by atoms with E-state index in [1.807, 2.05) is 49.9 Å². The summed E-state index contributed by atoms with van der Waals surface area (Å²) in [6.07, 6.45) is 5.37. The zero-order valence-electron chi connectivity index (χ0n) is 40.0. The average molecular weight is 948 g/mol. The zero-order valence-corrected chi connectivity index (χ0v) is 40.0. The van der Waals surface area contributed by atoms with Gasteiger partial charge in [-0.3, -0.25) is 9.59 Å². The van der Waals surface area contributed by atoms with Crippen molar-refractivity contribution >= 4 is 34.9 Å². The van der Waals surface area contributed by atoms with Gasteiger partial charge in [0.1, 0.15) is 35.2 Å². The highest BCUT2D eigenvalue weighted by Gasteiger charge is 2.86. The number of nitrogens with one attached hydrogen (secondary N) is 4. The lowest BCUT2D eigenvalue weighted by atomic mass is 10.0. The standard InChI is InChI=1S/C53H57N9O8/c1-25(2)43(58-52(65)67-5)49(63)60-17-7-10-36(60)47-54-23-34(56-47)28-11-14-32-37-21-31-19-27(12-15-35(31)61(37)51(70-39(32)22-28)30-13-16-38-29(20-30)9-8-18-69-38)33-24-55-48(57-33)46-42-40-41(42)45(40)62(46)50(64)44(26(3)4)59-53(66)68-6/h11-16,19-26,36,40-46,51H,7-10,17-18H2,1-6H3,(H,54,56)(H,55,57)(H,58,65)(H,59,66)/t36-,40+,41?,42?,43-,44-,45-,46-,51?/m0/s1. The van der Waals surface area contributed by atoms with Crippen molar-refractivity contribution in [2.75, 3.05) is 27.4 Å². The fourth-order valence-electron chi connectivity index (χ4n) is 11.9. The van der Waals surface area contributed by atoms with Crippen LogP contribution in [0.4, 0.5) is 9.59 Å². The number of H-pyrrole nitrogens is 2. The van der Waals surface area contributed by atoms with Crippen LogP contribution in [0.1, 0.15) is 88.0 Å². The number of hydrogen-bond acceptors (Lipinski definition) is 10. The molecule has 3 unspecified atom stereocenters. The molecule has 3 saturated heterocycles. The van der Waals surface area contributed by atoms with Gasteiger partial charge in [0.05, 0.1) is 67.9 Å². The molecule has 70 heavy (non-hydrogen) atoms. The van der Waals surface area contributed by atoms with E-state index in [1.54, 1.807) is 0 Å². The summed E-state index contributed by atoms with van der Waals surface area (Å²) in [6.45, 7) is 8.94. The van der Waals surface area contributed by atoms with Gasteiger partial charge in [0.15, 0.2) is 0 Å². The number of nitrogens with zero attached hydrogens (tertiary/aromatic N) is 5. The van der Waals surface area contributed by atoms with E-state index in [4.69, 9.17) is 28.9 Å². The van der Waals surface area contributed by atoms with Crippen LogP contribution in [0.15, 0.2) is 73.1 Å². The molecule has 9 atom stereocenters. The molecule has 2 aliphatic carbocycles. The Hall–Kier alpha value is -7.30. The Labute approximate surface area is 404 Å². The Morgan fingerprint density at radius 3 is 2.17 bits per heavy atom. The molecule has 4 amide bonds. The number of hydrogen-bond donors (Lipinski definition) is 4. The lowest BCUT2D eigenvalue weighted by Gasteiger charge is -2.31.